The molecule has 1 saturated heterocycles. The first-order valence-electron chi connectivity index (χ1n) is 11.2. The molecule has 1 fully saturated rings. The number of para-hydroxylation sites is 2. The Kier molecular flexibility index (Phi) is 5.10. The summed E-state index contributed by atoms with van der Waals surface area (Å²) in [5.41, 5.74) is 2.47. The number of carbonyl (C=O) groups is 1. The number of nitrogens with one attached hydrogen (secondary N) is 1. The summed E-state index contributed by atoms with van der Waals surface area (Å²) >= 11 is 1.63. The van der Waals surface area contributed by atoms with Crippen LogP contribution in [0.2, 0.25) is 0 Å². The van der Waals surface area contributed by atoms with Gasteiger partial charge in [0.15, 0.2) is 11.5 Å². The molecule has 170 valence electrons. The van der Waals surface area contributed by atoms with Crippen molar-refractivity contribution in [2.75, 3.05) is 29.9 Å². The normalized spacial score (nSPS) is 16.3. The van der Waals surface area contributed by atoms with Crippen molar-refractivity contribution in [1.82, 2.24) is 24.5 Å². The molecule has 1 aliphatic rings. The number of anilines is 2. The number of hydrogen-bond donors (Lipinski definition) is 1. The van der Waals surface area contributed by atoms with E-state index < -0.39 is 0 Å². The highest BCUT2D eigenvalue weighted by molar-refractivity contribution is 7.13. The van der Waals surface area contributed by atoms with E-state index in [0.29, 0.717) is 19.6 Å². The van der Waals surface area contributed by atoms with E-state index in [0.717, 1.165) is 38.9 Å². The monoisotopic (exact) mass is 469 g/mol. The summed E-state index contributed by atoms with van der Waals surface area (Å²) in [7, 11) is 0. The summed E-state index contributed by atoms with van der Waals surface area (Å²) in [4.78, 5) is 23.1. The van der Waals surface area contributed by atoms with Crippen LogP contribution in [-0.2, 0) is 0 Å². The first-order valence-corrected chi connectivity index (χ1v) is 12.1. The van der Waals surface area contributed by atoms with E-state index in [-0.39, 0.29) is 12.1 Å². The third-order valence-corrected chi connectivity index (χ3v) is 7.03. The van der Waals surface area contributed by atoms with Gasteiger partial charge in [0, 0.05) is 36.7 Å². The van der Waals surface area contributed by atoms with Gasteiger partial charge in [0.05, 0.1) is 10.4 Å². The van der Waals surface area contributed by atoms with Gasteiger partial charge in [0.1, 0.15) is 0 Å². The van der Waals surface area contributed by atoms with Crippen molar-refractivity contribution in [2.45, 2.75) is 13.0 Å². The largest absolute Gasteiger partial charge is 0.338 e. The molecular formula is C25H23N7OS. The summed E-state index contributed by atoms with van der Waals surface area (Å²) in [5.74, 6) is 1.59. The van der Waals surface area contributed by atoms with Crippen molar-refractivity contribution in [1.29, 1.82) is 0 Å². The van der Waals surface area contributed by atoms with E-state index in [1.807, 2.05) is 70.9 Å². The number of piperazine rings is 1. The van der Waals surface area contributed by atoms with Gasteiger partial charge in [-0.1, -0.05) is 36.4 Å². The molecule has 0 saturated carbocycles. The predicted molar refractivity (Wildman–Crippen MR) is 135 cm³/mol. The van der Waals surface area contributed by atoms with E-state index in [2.05, 4.69) is 37.8 Å². The zero-order valence-corrected chi connectivity index (χ0v) is 19.4. The Bertz CT molecular complexity index is 1470. The lowest BCUT2D eigenvalue weighted by atomic mass is 10.2. The van der Waals surface area contributed by atoms with Crippen molar-refractivity contribution in [3.05, 3.63) is 72.1 Å². The third kappa shape index (κ3) is 3.54. The molecule has 0 aliphatic carbocycles. The predicted octanol–water partition coefficient (Wildman–Crippen LogP) is 4.75. The number of benzene rings is 2. The molecular weight excluding hydrogens is 446 g/mol. The van der Waals surface area contributed by atoms with Gasteiger partial charge >= 0.3 is 6.03 Å². The first kappa shape index (κ1) is 20.6. The van der Waals surface area contributed by atoms with Crippen LogP contribution in [0.4, 0.5) is 16.4 Å². The van der Waals surface area contributed by atoms with Crippen LogP contribution in [0, 0.1) is 0 Å². The van der Waals surface area contributed by atoms with Crippen molar-refractivity contribution in [2.24, 2.45) is 0 Å². The topological polar surface area (TPSA) is 78.7 Å². The number of hydrogen-bond acceptors (Lipinski definition) is 6. The number of aromatic nitrogens is 4. The Hall–Kier alpha value is -3.98. The third-order valence-electron chi connectivity index (χ3n) is 6.17. The summed E-state index contributed by atoms with van der Waals surface area (Å²) in [5, 5.41) is 15.1. The van der Waals surface area contributed by atoms with Crippen LogP contribution in [-0.4, -0.2) is 56.2 Å². The fraction of sp³-hybridized carbons (Fsp3) is 0.200. The molecule has 1 atom stereocenters. The molecule has 2 amide bonds. The second-order valence-corrected chi connectivity index (χ2v) is 9.32. The molecule has 5 aromatic rings. The summed E-state index contributed by atoms with van der Waals surface area (Å²) in [6, 6.07) is 21.6. The van der Waals surface area contributed by atoms with Gasteiger partial charge in [0.25, 0.3) is 0 Å². The quantitative estimate of drug-likeness (QED) is 0.413. The van der Waals surface area contributed by atoms with Crippen LogP contribution in [0.1, 0.15) is 6.92 Å². The number of rotatable bonds is 3. The van der Waals surface area contributed by atoms with Crippen LogP contribution in [0.25, 0.3) is 27.3 Å². The van der Waals surface area contributed by atoms with Crippen LogP contribution in [0.3, 0.4) is 0 Å². The maximum Gasteiger partial charge on any atom is 0.322 e. The Morgan fingerprint density at radius 2 is 1.82 bits per heavy atom. The molecule has 8 nitrogen and oxygen atoms in total. The minimum absolute atomic E-state index is 0.00227. The molecule has 6 rings (SSSR count). The highest BCUT2D eigenvalue weighted by Gasteiger charge is 2.30. The van der Waals surface area contributed by atoms with Crippen molar-refractivity contribution in [3.8, 4) is 10.7 Å². The average Bonchev–Trinajstić information content (AvgIpc) is 3.54. The van der Waals surface area contributed by atoms with E-state index in [9.17, 15) is 4.79 Å². The van der Waals surface area contributed by atoms with Crippen molar-refractivity contribution >= 4 is 45.6 Å². The van der Waals surface area contributed by atoms with Crippen LogP contribution < -0.4 is 10.2 Å². The molecule has 3 aromatic heterocycles. The molecule has 1 aliphatic heterocycles. The Labute approximate surface area is 200 Å². The maximum atomic E-state index is 12.9. The van der Waals surface area contributed by atoms with E-state index in [4.69, 9.17) is 4.98 Å². The van der Waals surface area contributed by atoms with Crippen molar-refractivity contribution < 1.29 is 4.79 Å². The zero-order chi connectivity index (χ0) is 23.1. The van der Waals surface area contributed by atoms with Crippen LogP contribution in [0.5, 0.6) is 0 Å². The zero-order valence-electron chi connectivity index (χ0n) is 18.6. The number of nitrogens with zero attached hydrogens (tertiary/aromatic N) is 6. The summed E-state index contributed by atoms with van der Waals surface area (Å²) < 4.78 is 2.06. The van der Waals surface area contributed by atoms with Gasteiger partial charge in [-0.2, -0.15) is 0 Å². The van der Waals surface area contributed by atoms with Crippen molar-refractivity contribution in [3.63, 3.8) is 0 Å². The van der Waals surface area contributed by atoms with Crippen LogP contribution in [0.15, 0.2) is 72.1 Å². The molecule has 0 unspecified atom stereocenters. The number of amides is 2. The van der Waals surface area contributed by atoms with E-state index in [1.54, 1.807) is 11.3 Å². The smallest absolute Gasteiger partial charge is 0.322 e. The van der Waals surface area contributed by atoms with Gasteiger partial charge in [0.2, 0.25) is 5.95 Å². The fourth-order valence-electron chi connectivity index (χ4n) is 4.50. The molecule has 4 heterocycles. The summed E-state index contributed by atoms with van der Waals surface area (Å²) in [6.07, 6.45) is 0. The van der Waals surface area contributed by atoms with E-state index in [1.165, 1.54) is 0 Å². The number of fused-ring (bicyclic) bond motifs is 3. The summed E-state index contributed by atoms with van der Waals surface area (Å²) in [6.45, 7) is 3.98. The number of carbonyl (C=O) groups excluding carboxylic acids is 1. The minimum Gasteiger partial charge on any atom is -0.338 e. The van der Waals surface area contributed by atoms with Crippen LogP contribution >= 0.6 is 11.3 Å². The Morgan fingerprint density at radius 1 is 1.00 bits per heavy atom. The average molecular weight is 470 g/mol. The fourth-order valence-corrected chi connectivity index (χ4v) is 5.20. The molecule has 0 spiro atoms. The lowest BCUT2D eigenvalue weighted by Crippen LogP contribution is -2.55. The Balaban J connectivity index is 1.35. The Morgan fingerprint density at radius 3 is 2.62 bits per heavy atom. The highest BCUT2D eigenvalue weighted by atomic mass is 32.1. The van der Waals surface area contributed by atoms with Gasteiger partial charge in [-0.25, -0.2) is 14.2 Å². The molecule has 0 radical (unpaired) electrons. The number of thiophene rings is 1. The standard InChI is InChI=1S/C25H23N7OS/c1-17-16-30(13-14-31(17)25(33)26-18-8-3-2-4-9-18)24-27-20-11-6-5-10-19(20)22-28-29-23(32(22)24)21-12-7-15-34-21/h2-12,15,17H,13-14,16H2,1H3,(H,26,33)/t17-/m1/s1. The second kappa shape index (κ2) is 8.42. The second-order valence-electron chi connectivity index (χ2n) is 8.37. The van der Waals surface area contributed by atoms with Gasteiger partial charge in [-0.05, 0) is 42.6 Å². The van der Waals surface area contributed by atoms with Gasteiger partial charge in [-0.3, -0.25) is 0 Å². The lowest BCUT2D eigenvalue weighted by Gasteiger charge is -2.40. The van der Waals surface area contributed by atoms with Gasteiger partial charge < -0.3 is 15.1 Å². The molecule has 9 heteroatoms. The SMILES string of the molecule is C[C@@H]1CN(c2nc3ccccc3c3nnc(-c4cccs4)n23)CCN1C(=O)Nc1ccccc1. The molecule has 0 bridgehead atoms. The lowest BCUT2D eigenvalue weighted by molar-refractivity contribution is 0.184. The number of urea groups is 1. The first-order chi connectivity index (χ1) is 16.7. The highest BCUT2D eigenvalue weighted by Crippen LogP contribution is 2.31. The minimum atomic E-state index is -0.0847. The molecule has 34 heavy (non-hydrogen) atoms. The molecule has 2 aromatic carbocycles. The molecule has 1 N–H and O–H groups in total. The maximum absolute atomic E-state index is 12.9. The van der Waals surface area contributed by atoms with E-state index >= 15 is 0 Å². The van der Waals surface area contributed by atoms with Gasteiger partial charge in [-0.15, -0.1) is 21.5 Å².